The Balaban J connectivity index is 1.07. The number of nitrogens with zero attached hydrogens (tertiary/aromatic N) is 3. The Hall–Kier alpha value is -7.75. The number of aryl methyl sites for hydroxylation is 1. The molecule has 0 N–H and O–H groups in total. The Bertz CT molecular complexity index is 3430. The highest BCUT2D eigenvalue weighted by atomic mass is 15.1. The summed E-state index contributed by atoms with van der Waals surface area (Å²) in [7, 11) is 0. The number of rotatable bonds is 8. The fourth-order valence-electron chi connectivity index (χ4n) is 9.07. The van der Waals surface area contributed by atoms with Crippen LogP contribution in [-0.2, 0) is 6.42 Å². The van der Waals surface area contributed by atoms with Crippen LogP contribution in [-0.4, -0.2) is 9.38 Å². The second-order valence-electron chi connectivity index (χ2n) is 15.8. The summed E-state index contributed by atoms with van der Waals surface area (Å²) in [5, 5.41) is 7.41. The quantitative estimate of drug-likeness (QED) is 0.153. The van der Waals surface area contributed by atoms with Gasteiger partial charge in [-0.2, -0.15) is 0 Å². The SMILES string of the molecule is C=C(c1ccc(-c2ccc3nc4c(Cc5ccc6ccccc6c5)c5ccccc5c(-c5ccc6ccccc6c5)c4n3c2)cc1)N(c1ccccc1)c1ccccc1C. The van der Waals surface area contributed by atoms with E-state index in [-0.39, 0.29) is 0 Å². The Morgan fingerprint density at radius 2 is 1.17 bits per heavy atom. The topological polar surface area (TPSA) is 20.5 Å². The first-order chi connectivity index (χ1) is 29.6. The largest absolute Gasteiger partial charge is 0.310 e. The van der Waals surface area contributed by atoms with Crippen molar-refractivity contribution in [2.75, 3.05) is 4.90 Å². The lowest BCUT2D eigenvalue weighted by Gasteiger charge is -2.29. The highest BCUT2D eigenvalue weighted by molar-refractivity contribution is 6.14. The molecule has 0 bridgehead atoms. The van der Waals surface area contributed by atoms with Crippen LogP contribution in [0.2, 0.25) is 0 Å². The van der Waals surface area contributed by atoms with Crippen LogP contribution in [0.5, 0.6) is 0 Å². The molecule has 0 aliphatic heterocycles. The van der Waals surface area contributed by atoms with Gasteiger partial charge in [0.1, 0.15) is 5.65 Å². The van der Waals surface area contributed by atoms with Gasteiger partial charge in [-0.3, -0.25) is 4.40 Å². The minimum atomic E-state index is 0.768. The summed E-state index contributed by atoms with van der Waals surface area (Å²) in [6.45, 7) is 6.79. The molecule has 3 heteroatoms. The Kier molecular flexibility index (Phi) is 8.60. The van der Waals surface area contributed by atoms with Gasteiger partial charge in [0, 0.05) is 35.3 Å². The third-order valence-corrected chi connectivity index (χ3v) is 12.1. The lowest BCUT2D eigenvalue weighted by atomic mass is 9.89. The molecular weight excluding hydrogens is 727 g/mol. The average Bonchev–Trinajstić information content (AvgIpc) is 3.68. The first-order valence-electron chi connectivity index (χ1n) is 20.6. The smallest absolute Gasteiger partial charge is 0.137 e. The number of para-hydroxylation sites is 2. The molecular formula is C57H41N3. The van der Waals surface area contributed by atoms with Crippen LogP contribution >= 0.6 is 0 Å². The first kappa shape index (κ1) is 35.4. The van der Waals surface area contributed by atoms with Crippen LogP contribution in [0, 0.1) is 6.92 Å². The van der Waals surface area contributed by atoms with Crippen LogP contribution in [0.4, 0.5) is 11.4 Å². The summed E-state index contributed by atoms with van der Waals surface area (Å²) < 4.78 is 2.33. The van der Waals surface area contributed by atoms with Gasteiger partial charge in [0.25, 0.3) is 0 Å². The maximum Gasteiger partial charge on any atom is 0.137 e. The molecule has 9 aromatic carbocycles. The molecule has 0 spiro atoms. The number of benzene rings is 9. The van der Waals surface area contributed by atoms with Gasteiger partial charge in [-0.15, -0.1) is 0 Å². The second kappa shape index (κ2) is 14.6. The van der Waals surface area contributed by atoms with Crippen molar-refractivity contribution in [3.05, 3.63) is 235 Å². The zero-order chi connectivity index (χ0) is 40.2. The molecule has 3 nitrogen and oxygen atoms in total. The summed E-state index contributed by atoms with van der Waals surface area (Å²) >= 11 is 0. The van der Waals surface area contributed by atoms with E-state index in [0.717, 1.165) is 56.9 Å². The van der Waals surface area contributed by atoms with E-state index in [1.54, 1.807) is 0 Å². The van der Waals surface area contributed by atoms with E-state index >= 15 is 0 Å². The van der Waals surface area contributed by atoms with Crippen molar-refractivity contribution < 1.29 is 0 Å². The van der Waals surface area contributed by atoms with Gasteiger partial charge in [0.2, 0.25) is 0 Å². The predicted molar refractivity (Wildman–Crippen MR) is 254 cm³/mol. The first-order valence-corrected chi connectivity index (χ1v) is 20.6. The van der Waals surface area contributed by atoms with Gasteiger partial charge in [0.15, 0.2) is 0 Å². The number of fused-ring (bicyclic) bond motifs is 6. The van der Waals surface area contributed by atoms with E-state index < -0.39 is 0 Å². The van der Waals surface area contributed by atoms with Gasteiger partial charge >= 0.3 is 0 Å². The predicted octanol–water partition coefficient (Wildman–Crippen LogP) is 15.0. The van der Waals surface area contributed by atoms with Crippen LogP contribution < -0.4 is 4.90 Å². The van der Waals surface area contributed by atoms with Crippen molar-refractivity contribution in [3.8, 4) is 22.3 Å². The molecule has 0 radical (unpaired) electrons. The fourth-order valence-corrected chi connectivity index (χ4v) is 9.07. The molecule has 284 valence electrons. The zero-order valence-electron chi connectivity index (χ0n) is 33.4. The standard InChI is InChI=1S/C57H41N3/c1-38-14-6-13-23-53(38)60(49-19-4-3-5-20-49)39(2)41-26-28-44(29-27-41)48-32-33-54-58-56-52(35-40-24-25-42-15-7-9-17-45(42)34-40)50-21-11-12-22-51(50)55(57(56)59(54)37-48)47-31-30-43-16-8-10-18-46(43)36-47/h3-34,36-37H,2,35H2,1H3. The highest BCUT2D eigenvalue weighted by Crippen LogP contribution is 2.42. The molecule has 0 saturated carbocycles. The van der Waals surface area contributed by atoms with Crippen molar-refractivity contribution >= 4 is 66.1 Å². The monoisotopic (exact) mass is 767 g/mol. The van der Waals surface area contributed by atoms with E-state index in [4.69, 9.17) is 4.98 Å². The maximum atomic E-state index is 5.47. The van der Waals surface area contributed by atoms with Gasteiger partial charge < -0.3 is 4.90 Å². The Labute approximate surface area is 349 Å². The molecule has 0 atom stereocenters. The molecule has 0 amide bonds. The summed E-state index contributed by atoms with van der Waals surface area (Å²) in [5.74, 6) is 0. The normalized spacial score (nSPS) is 11.6. The minimum Gasteiger partial charge on any atom is -0.310 e. The number of hydrogen-bond donors (Lipinski definition) is 0. The summed E-state index contributed by atoms with van der Waals surface area (Å²) in [5.41, 5.74) is 15.6. The maximum absolute atomic E-state index is 5.47. The van der Waals surface area contributed by atoms with E-state index in [1.807, 2.05) is 0 Å². The van der Waals surface area contributed by atoms with Crippen molar-refractivity contribution in [1.82, 2.24) is 9.38 Å². The van der Waals surface area contributed by atoms with Crippen LogP contribution in [0.3, 0.4) is 0 Å². The summed E-state index contributed by atoms with van der Waals surface area (Å²) in [6, 6.07) is 72.0. The number of anilines is 2. The molecule has 2 aromatic heterocycles. The fraction of sp³-hybridized carbons (Fsp3) is 0.0351. The van der Waals surface area contributed by atoms with Crippen molar-refractivity contribution in [1.29, 1.82) is 0 Å². The lowest BCUT2D eigenvalue weighted by molar-refractivity contribution is 1.23. The molecule has 60 heavy (non-hydrogen) atoms. The number of pyridine rings is 1. The second-order valence-corrected chi connectivity index (χ2v) is 15.8. The number of imidazole rings is 1. The van der Waals surface area contributed by atoms with Crippen molar-refractivity contribution in [2.24, 2.45) is 0 Å². The van der Waals surface area contributed by atoms with E-state index in [2.05, 4.69) is 229 Å². The molecule has 2 heterocycles. The molecule has 0 saturated heterocycles. The van der Waals surface area contributed by atoms with Gasteiger partial charge in [-0.05, 0) is 115 Å². The third kappa shape index (κ3) is 6.11. The summed E-state index contributed by atoms with van der Waals surface area (Å²) in [6.07, 6.45) is 3.04. The molecule has 11 rings (SSSR count). The molecule has 0 aliphatic rings. The molecule has 11 aromatic rings. The van der Waals surface area contributed by atoms with E-state index in [0.29, 0.717) is 0 Å². The third-order valence-electron chi connectivity index (χ3n) is 12.1. The van der Waals surface area contributed by atoms with E-state index in [1.165, 1.54) is 60.1 Å². The van der Waals surface area contributed by atoms with Crippen molar-refractivity contribution in [2.45, 2.75) is 13.3 Å². The number of aromatic nitrogens is 2. The lowest BCUT2D eigenvalue weighted by Crippen LogP contribution is -2.15. The van der Waals surface area contributed by atoms with Gasteiger partial charge in [-0.25, -0.2) is 4.98 Å². The van der Waals surface area contributed by atoms with Gasteiger partial charge in [0.05, 0.1) is 11.0 Å². The van der Waals surface area contributed by atoms with Crippen LogP contribution in [0.1, 0.15) is 22.3 Å². The Morgan fingerprint density at radius 3 is 1.93 bits per heavy atom. The van der Waals surface area contributed by atoms with Crippen LogP contribution in [0.15, 0.2) is 213 Å². The summed E-state index contributed by atoms with van der Waals surface area (Å²) in [4.78, 5) is 7.73. The van der Waals surface area contributed by atoms with E-state index in [9.17, 15) is 0 Å². The van der Waals surface area contributed by atoms with Crippen molar-refractivity contribution in [3.63, 3.8) is 0 Å². The average molecular weight is 768 g/mol. The minimum absolute atomic E-state index is 0.768. The molecule has 0 fully saturated rings. The Morgan fingerprint density at radius 1 is 0.550 bits per heavy atom. The number of hydrogen-bond acceptors (Lipinski definition) is 2. The van der Waals surface area contributed by atoms with Crippen LogP contribution in [0.25, 0.3) is 76.9 Å². The van der Waals surface area contributed by atoms with Gasteiger partial charge in [-0.1, -0.05) is 170 Å². The molecule has 0 unspecified atom stereocenters. The zero-order valence-corrected chi connectivity index (χ0v) is 33.4. The highest BCUT2D eigenvalue weighted by Gasteiger charge is 2.22. The molecule has 0 aliphatic carbocycles.